The van der Waals surface area contributed by atoms with Crippen LogP contribution in [0.5, 0.6) is 0 Å². The molecule has 0 aliphatic rings. The van der Waals surface area contributed by atoms with Gasteiger partial charge in [-0.25, -0.2) is 4.39 Å². The molecule has 1 rings (SSSR count). The maximum absolute atomic E-state index is 13.2. The summed E-state index contributed by atoms with van der Waals surface area (Å²) < 4.78 is 29.3. The van der Waals surface area contributed by atoms with Crippen molar-refractivity contribution in [1.29, 1.82) is 0 Å². The SMILES string of the molecule is COCCS(=O)CC(=O)c1ccccc1F. The van der Waals surface area contributed by atoms with E-state index < -0.39 is 22.4 Å². The first-order valence-electron chi connectivity index (χ1n) is 4.76. The molecule has 0 aliphatic carbocycles. The van der Waals surface area contributed by atoms with Gasteiger partial charge in [0.1, 0.15) is 5.82 Å². The summed E-state index contributed by atoms with van der Waals surface area (Å²) in [7, 11) is 0.196. The molecular weight excluding hydrogens is 231 g/mol. The second-order valence-corrected chi connectivity index (χ2v) is 4.76. The first-order valence-corrected chi connectivity index (χ1v) is 6.25. The first kappa shape index (κ1) is 13.0. The maximum atomic E-state index is 13.2. The predicted octanol–water partition coefficient (Wildman–Crippen LogP) is 1.40. The summed E-state index contributed by atoms with van der Waals surface area (Å²) in [4.78, 5) is 11.6. The number of benzene rings is 1. The van der Waals surface area contributed by atoms with Crippen LogP contribution in [0.4, 0.5) is 4.39 Å². The Bertz CT molecular complexity index is 393. The molecular formula is C11H13FO3S. The van der Waals surface area contributed by atoms with Crippen molar-refractivity contribution in [2.24, 2.45) is 0 Å². The van der Waals surface area contributed by atoms with E-state index in [1.165, 1.54) is 25.3 Å². The smallest absolute Gasteiger partial charge is 0.178 e. The van der Waals surface area contributed by atoms with E-state index in [2.05, 4.69) is 0 Å². The summed E-state index contributed by atoms with van der Waals surface area (Å²) in [6.45, 7) is 0.331. The van der Waals surface area contributed by atoms with Crippen molar-refractivity contribution >= 4 is 16.6 Å². The van der Waals surface area contributed by atoms with Gasteiger partial charge >= 0.3 is 0 Å². The molecule has 1 atom stereocenters. The van der Waals surface area contributed by atoms with E-state index in [4.69, 9.17) is 4.74 Å². The summed E-state index contributed by atoms with van der Waals surface area (Å²) in [5.74, 6) is -0.884. The van der Waals surface area contributed by atoms with Crippen LogP contribution in [0, 0.1) is 5.82 Å². The van der Waals surface area contributed by atoms with Crippen LogP contribution in [0.25, 0.3) is 0 Å². The van der Waals surface area contributed by atoms with Gasteiger partial charge in [-0.15, -0.1) is 0 Å². The van der Waals surface area contributed by atoms with Crippen molar-refractivity contribution in [2.75, 3.05) is 25.2 Å². The molecule has 0 aliphatic heterocycles. The lowest BCUT2D eigenvalue weighted by Crippen LogP contribution is -2.16. The summed E-state index contributed by atoms with van der Waals surface area (Å²) in [6, 6.07) is 5.69. The molecule has 0 radical (unpaired) electrons. The number of methoxy groups -OCH3 is 1. The molecule has 16 heavy (non-hydrogen) atoms. The fourth-order valence-corrected chi connectivity index (χ4v) is 2.10. The van der Waals surface area contributed by atoms with Crippen LogP contribution in [0.15, 0.2) is 24.3 Å². The number of Topliss-reactive ketones (excluding diaryl/α,β-unsaturated/α-hetero) is 1. The molecule has 0 aromatic heterocycles. The second-order valence-electron chi connectivity index (χ2n) is 3.18. The predicted molar refractivity (Wildman–Crippen MR) is 60.5 cm³/mol. The lowest BCUT2D eigenvalue weighted by Gasteiger charge is -2.02. The highest BCUT2D eigenvalue weighted by molar-refractivity contribution is 7.85. The van der Waals surface area contributed by atoms with Gasteiger partial charge < -0.3 is 4.74 Å². The average molecular weight is 244 g/mol. The van der Waals surface area contributed by atoms with E-state index in [1.807, 2.05) is 0 Å². The highest BCUT2D eigenvalue weighted by Crippen LogP contribution is 2.07. The fraction of sp³-hybridized carbons (Fsp3) is 0.364. The van der Waals surface area contributed by atoms with Crippen LogP contribution in [0.3, 0.4) is 0 Å². The normalized spacial score (nSPS) is 12.4. The monoisotopic (exact) mass is 244 g/mol. The van der Waals surface area contributed by atoms with Crippen molar-refractivity contribution in [2.45, 2.75) is 0 Å². The van der Waals surface area contributed by atoms with Crippen LogP contribution in [0.1, 0.15) is 10.4 Å². The van der Waals surface area contributed by atoms with Gasteiger partial charge in [-0.3, -0.25) is 9.00 Å². The maximum Gasteiger partial charge on any atom is 0.178 e. The van der Waals surface area contributed by atoms with Gasteiger partial charge in [0.15, 0.2) is 5.78 Å². The zero-order valence-electron chi connectivity index (χ0n) is 8.94. The third-order valence-corrected chi connectivity index (χ3v) is 3.19. The third kappa shape index (κ3) is 3.83. The number of carbonyl (C=O) groups is 1. The van der Waals surface area contributed by atoms with E-state index in [-0.39, 0.29) is 17.1 Å². The van der Waals surface area contributed by atoms with E-state index in [0.717, 1.165) is 0 Å². The topological polar surface area (TPSA) is 43.4 Å². The summed E-state index contributed by atoms with van der Waals surface area (Å²) in [5, 5.41) is 0. The van der Waals surface area contributed by atoms with Crippen molar-refractivity contribution in [3.63, 3.8) is 0 Å². The molecule has 0 saturated heterocycles. The van der Waals surface area contributed by atoms with E-state index in [1.54, 1.807) is 6.07 Å². The van der Waals surface area contributed by atoms with Gasteiger partial charge in [0.25, 0.3) is 0 Å². The molecule has 0 saturated carbocycles. The quantitative estimate of drug-likeness (QED) is 0.710. The van der Waals surface area contributed by atoms with E-state index >= 15 is 0 Å². The largest absolute Gasteiger partial charge is 0.384 e. The standard InChI is InChI=1S/C11H13FO3S/c1-15-6-7-16(14)8-11(13)9-4-2-3-5-10(9)12/h2-5H,6-8H2,1H3. The van der Waals surface area contributed by atoms with Gasteiger partial charge in [-0.1, -0.05) is 12.1 Å². The van der Waals surface area contributed by atoms with Crippen molar-refractivity contribution < 1.29 is 18.1 Å². The van der Waals surface area contributed by atoms with Crippen LogP contribution in [0.2, 0.25) is 0 Å². The number of rotatable bonds is 6. The Balaban J connectivity index is 2.59. The van der Waals surface area contributed by atoms with Crippen molar-refractivity contribution in [3.8, 4) is 0 Å². The zero-order valence-corrected chi connectivity index (χ0v) is 9.76. The van der Waals surface area contributed by atoms with Gasteiger partial charge in [0, 0.05) is 23.7 Å². The minimum Gasteiger partial charge on any atom is -0.384 e. The lowest BCUT2D eigenvalue weighted by atomic mass is 10.1. The molecule has 1 aromatic rings. The summed E-state index contributed by atoms with van der Waals surface area (Å²) in [6.07, 6.45) is 0. The minimum absolute atomic E-state index is 0.00623. The van der Waals surface area contributed by atoms with E-state index in [0.29, 0.717) is 6.61 Å². The van der Waals surface area contributed by atoms with Gasteiger partial charge in [-0.2, -0.15) is 0 Å². The molecule has 0 N–H and O–H groups in total. The van der Waals surface area contributed by atoms with E-state index in [9.17, 15) is 13.4 Å². The second kappa shape index (κ2) is 6.50. The third-order valence-electron chi connectivity index (χ3n) is 1.98. The van der Waals surface area contributed by atoms with Crippen LogP contribution < -0.4 is 0 Å². The zero-order chi connectivity index (χ0) is 12.0. The van der Waals surface area contributed by atoms with Crippen molar-refractivity contribution in [1.82, 2.24) is 0 Å². The molecule has 0 heterocycles. The molecule has 1 unspecified atom stereocenters. The Morgan fingerprint density at radius 2 is 2.12 bits per heavy atom. The lowest BCUT2D eigenvalue weighted by molar-refractivity contribution is 0.101. The Morgan fingerprint density at radius 1 is 1.44 bits per heavy atom. The van der Waals surface area contributed by atoms with Gasteiger partial charge in [-0.05, 0) is 12.1 Å². The average Bonchev–Trinajstić information content (AvgIpc) is 2.26. The summed E-state index contributed by atoms with van der Waals surface area (Å²) >= 11 is 0. The number of hydrogen-bond acceptors (Lipinski definition) is 3. The molecule has 88 valence electrons. The van der Waals surface area contributed by atoms with Crippen LogP contribution in [-0.2, 0) is 15.5 Å². The molecule has 1 aromatic carbocycles. The van der Waals surface area contributed by atoms with Crippen LogP contribution in [-0.4, -0.2) is 35.2 Å². The highest BCUT2D eigenvalue weighted by Gasteiger charge is 2.13. The Kier molecular flexibility index (Phi) is 5.28. The molecule has 0 amide bonds. The van der Waals surface area contributed by atoms with Crippen molar-refractivity contribution in [3.05, 3.63) is 35.6 Å². The van der Waals surface area contributed by atoms with Crippen LogP contribution >= 0.6 is 0 Å². The Labute approximate surface area is 96.1 Å². The Hall–Kier alpha value is -1.07. The molecule has 5 heteroatoms. The number of ether oxygens (including phenoxy) is 1. The molecule has 0 bridgehead atoms. The summed E-state index contributed by atoms with van der Waals surface area (Å²) in [5.41, 5.74) is -0.00623. The number of halogens is 1. The molecule has 0 fully saturated rings. The minimum atomic E-state index is -1.30. The molecule has 3 nitrogen and oxygen atoms in total. The van der Waals surface area contributed by atoms with Gasteiger partial charge in [0.2, 0.25) is 0 Å². The number of ketones is 1. The number of hydrogen-bond donors (Lipinski definition) is 0. The number of carbonyl (C=O) groups excluding carboxylic acids is 1. The van der Waals surface area contributed by atoms with Gasteiger partial charge in [0.05, 0.1) is 17.9 Å². The first-order chi connectivity index (χ1) is 7.65. The highest BCUT2D eigenvalue weighted by atomic mass is 32.2. The fourth-order valence-electron chi connectivity index (χ4n) is 1.16. The Morgan fingerprint density at radius 3 is 2.75 bits per heavy atom. The molecule has 0 spiro atoms.